The molecule has 11 atom stereocenters. The SMILES string of the molecule is COc1cc(C2Oc3cc(O)cc(O[C@@H]4O[C@H](CO)[C@H](O)[C@H](O)[C@H]4O)c3C=C2O[C@@H]2O[C@H](COC(=O)CC(=O)O)[C@H](O)[C@@H](O)[C@@H]2O)ccc1O. The zero-order valence-electron chi connectivity index (χ0n) is 26.1. The molecule has 19 heteroatoms. The summed E-state index contributed by atoms with van der Waals surface area (Å²) in [6.07, 6.45) is -18.2. The fourth-order valence-electron chi connectivity index (χ4n) is 5.44. The highest BCUT2D eigenvalue weighted by Gasteiger charge is 2.48. The molecule has 0 radical (unpaired) electrons. The molecule has 2 saturated heterocycles. The van der Waals surface area contributed by atoms with Crippen LogP contribution < -0.4 is 14.2 Å². The largest absolute Gasteiger partial charge is 0.508 e. The Morgan fingerprint density at radius 2 is 1.44 bits per heavy atom. The van der Waals surface area contributed by atoms with Gasteiger partial charge in [0, 0.05) is 17.7 Å². The molecule has 2 aromatic carbocycles. The van der Waals surface area contributed by atoms with Gasteiger partial charge in [0.05, 0.1) is 19.3 Å². The lowest BCUT2D eigenvalue weighted by Crippen LogP contribution is -2.60. The topological polar surface area (TPSA) is 301 Å². The van der Waals surface area contributed by atoms with Gasteiger partial charge in [-0.3, -0.25) is 9.59 Å². The minimum atomic E-state index is -1.92. The molecule has 19 nitrogen and oxygen atoms in total. The van der Waals surface area contributed by atoms with Gasteiger partial charge in [-0.2, -0.15) is 0 Å². The number of aromatic hydroxyl groups is 2. The van der Waals surface area contributed by atoms with E-state index in [1.807, 2.05) is 0 Å². The summed E-state index contributed by atoms with van der Waals surface area (Å²) in [6, 6.07) is 6.39. The van der Waals surface area contributed by atoms with Crippen LogP contribution in [0, 0.1) is 0 Å². The zero-order valence-corrected chi connectivity index (χ0v) is 26.1. The number of phenolic OH excluding ortho intramolecular Hbond substituents is 2. The number of ether oxygens (including phenoxy) is 7. The maximum Gasteiger partial charge on any atom is 0.317 e. The van der Waals surface area contributed by atoms with Crippen LogP contribution in [0.1, 0.15) is 23.7 Å². The molecule has 5 rings (SSSR count). The Labute approximate surface area is 282 Å². The number of hydrogen-bond donors (Lipinski definition) is 10. The summed E-state index contributed by atoms with van der Waals surface area (Å²) in [5.41, 5.74) is 0.308. The van der Waals surface area contributed by atoms with Gasteiger partial charge in [0.1, 0.15) is 84.9 Å². The number of carboxylic acid groups (broad SMARTS) is 1. The molecule has 3 aliphatic heterocycles. The van der Waals surface area contributed by atoms with Crippen LogP contribution >= 0.6 is 0 Å². The number of rotatable bonds is 11. The molecule has 0 amide bonds. The summed E-state index contributed by atoms with van der Waals surface area (Å²) in [4.78, 5) is 22.6. The molecule has 0 bridgehead atoms. The van der Waals surface area contributed by atoms with E-state index in [1.165, 1.54) is 37.5 Å². The Morgan fingerprint density at radius 3 is 2.08 bits per heavy atom. The van der Waals surface area contributed by atoms with Crippen LogP contribution in [0.5, 0.6) is 28.7 Å². The van der Waals surface area contributed by atoms with E-state index >= 15 is 0 Å². The van der Waals surface area contributed by atoms with Gasteiger partial charge in [-0.25, -0.2) is 0 Å². The minimum Gasteiger partial charge on any atom is -0.508 e. The van der Waals surface area contributed by atoms with Crippen molar-refractivity contribution in [2.75, 3.05) is 20.3 Å². The number of fused-ring (bicyclic) bond motifs is 1. The zero-order chi connectivity index (χ0) is 36.4. The highest BCUT2D eigenvalue weighted by atomic mass is 16.7. The standard InChI is InChI=1S/C31H36O19/c1-44-17-4-11(2-3-14(17)34)29-18(48-31-28(43)26(41)24(39)20(50-31)10-45-22(37)8-21(35)36)7-13-15(46-29)5-12(33)6-16(13)47-30-27(42)25(40)23(38)19(9-32)49-30/h2-7,19-20,23-34,38-43H,8-10H2,1H3,(H,35,36)/t19-,20-,23+,24+,25+,26-,27-,28+,29?,30-,31-/m1/s1. The number of carboxylic acids is 1. The molecular formula is C31H36O19. The predicted molar refractivity (Wildman–Crippen MR) is 159 cm³/mol. The number of aliphatic hydroxyl groups excluding tert-OH is 7. The molecule has 274 valence electrons. The number of hydrogen-bond acceptors (Lipinski definition) is 18. The van der Waals surface area contributed by atoms with E-state index in [2.05, 4.69) is 0 Å². The van der Waals surface area contributed by atoms with E-state index in [1.54, 1.807) is 0 Å². The Kier molecular flexibility index (Phi) is 11.2. The molecule has 2 aromatic rings. The van der Waals surface area contributed by atoms with Gasteiger partial charge >= 0.3 is 11.9 Å². The first-order valence-corrected chi connectivity index (χ1v) is 15.0. The number of aliphatic hydroxyl groups is 7. The van der Waals surface area contributed by atoms with E-state index in [0.717, 1.165) is 6.07 Å². The van der Waals surface area contributed by atoms with Crippen LogP contribution in [0.3, 0.4) is 0 Å². The van der Waals surface area contributed by atoms with Crippen molar-refractivity contribution in [3.63, 3.8) is 0 Å². The molecule has 0 aromatic heterocycles. The molecular weight excluding hydrogens is 676 g/mol. The second-order valence-corrected chi connectivity index (χ2v) is 11.5. The molecule has 1 unspecified atom stereocenters. The molecule has 0 spiro atoms. The molecule has 3 aliphatic rings. The number of aliphatic carboxylic acids is 1. The number of methoxy groups -OCH3 is 1. The number of benzene rings is 2. The first-order chi connectivity index (χ1) is 23.7. The van der Waals surface area contributed by atoms with Gasteiger partial charge in [0.15, 0.2) is 17.6 Å². The first kappa shape index (κ1) is 36.8. The van der Waals surface area contributed by atoms with Crippen molar-refractivity contribution < 1.29 is 93.8 Å². The third-order valence-corrected chi connectivity index (χ3v) is 8.10. The number of phenols is 2. The summed E-state index contributed by atoms with van der Waals surface area (Å²) < 4.78 is 39.1. The predicted octanol–water partition coefficient (Wildman–Crippen LogP) is -2.40. The number of carbonyl (C=O) groups excluding carboxylic acids is 1. The summed E-state index contributed by atoms with van der Waals surface area (Å²) in [7, 11) is 1.30. The van der Waals surface area contributed by atoms with Crippen molar-refractivity contribution in [3.05, 3.63) is 47.2 Å². The third-order valence-electron chi connectivity index (χ3n) is 8.10. The highest BCUT2D eigenvalue weighted by Crippen LogP contribution is 2.46. The first-order valence-electron chi connectivity index (χ1n) is 15.0. The summed E-state index contributed by atoms with van der Waals surface area (Å²) in [6.45, 7) is -1.48. The van der Waals surface area contributed by atoms with Crippen molar-refractivity contribution in [2.45, 2.75) is 73.9 Å². The smallest absolute Gasteiger partial charge is 0.317 e. The third kappa shape index (κ3) is 7.65. The van der Waals surface area contributed by atoms with E-state index in [-0.39, 0.29) is 39.9 Å². The minimum absolute atomic E-state index is 0.0227. The van der Waals surface area contributed by atoms with Gasteiger partial charge in [-0.05, 0) is 18.2 Å². The van der Waals surface area contributed by atoms with Gasteiger partial charge in [-0.1, -0.05) is 6.07 Å². The van der Waals surface area contributed by atoms with Gasteiger partial charge < -0.3 is 84.2 Å². The molecule has 0 saturated carbocycles. The molecule has 0 aliphatic carbocycles. The van der Waals surface area contributed by atoms with Crippen LogP contribution in [0.25, 0.3) is 6.08 Å². The van der Waals surface area contributed by atoms with Crippen molar-refractivity contribution in [1.82, 2.24) is 0 Å². The van der Waals surface area contributed by atoms with Crippen LogP contribution in [-0.2, 0) is 28.5 Å². The van der Waals surface area contributed by atoms with Crippen molar-refractivity contribution in [3.8, 4) is 28.7 Å². The average Bonchev–Trinajstić information content (AvgIpc) is 3.08. The van der Waals surface area contributed by atoms with Gasteiger partial charge in [-0.15, -0.1) is 0 Å². The maximum absolute atomic E-state index is 11.8. The van der Waals surface area contributed by atoms with E-state index in [0.29, 0.717) is 0 Å². The quantitative estimate of drug-likeness (QED) is 0.0858. The van der Waals surface area contributed by atoms with Crippen molar-refractivity contribution in [2.24, 2.45) is 0 Å². The Morgan fingerprint density at radius 1 is 0.800 bits per heavy atom. The van der Waals surface area contributed by atoms with E-state index < -0.39 is 105 Å². The van der Waals surface area contributed by atoms with E-state index in [9.17, 15) is 55.5 Å². The lowest BCUT2D eigenvalue weighted by Gasteiger charge is -2.41. The van der Waals surface area contributed by atoms with Crippen LogP contribution in [0.15, 0.2) is 36.1 Å². The lowest BCUT2D eigenvalue weighted by atomic mass is 9.98. The lowest BCUT2D eigenvalue weighted by molar-refractivity contribution is -0.294. The maximum atomic E-state index is 11.8. The second-order valence-electron chi connectivity index (χ2n) is 11.5. The van der Waals surface area contributed by atoms with Crippen molar-refractivity contribution >= 4 is 18.0 Å². The van der Waals surface area contributed by atoms with Gasteiger partial charge in [0.25, 0.3) is 0 Å². The summed E-state index contributed by atoms with van der Waals surface area (Å²) >= 11 is 0. The molecule has 3 heterocycles. The van der Waals surface area contributed by atoms with Crippen molar-refractivity contribution in [1.29, 1.82) is 0 Å². The normalized spacial score (nSPS) is 32.2. The molecule has 2 fully saturated rings. The Balaban J connectivity index is 1.51. The second kappa shape index (κ2) is 15.2. The van der Waals surface area contributed by atoms with E-state index in [4.69, 9.17) is 38.3 Å². The number of carbonyl (C=O) groups is 2. The van der Waals surface area contributed by atoms with Gasteiger partial charge in [0.2, 0.25) is 12.6 Å². The Hall–Kier alpha value is -4.44. The summed E-state index contributed by atoms with van der Waals surface area (Å²) in [5, 5.41) is 102. The van der Waals surface area contributed by atoms with Crippen LogP contribution in [0.2, 0.25) is 0 Å². The fraction of sp³-hybridized carbons (Fsp3) is 0.484. The number of esters is 1. The highest BCUT2D eigenvalue weighted by molar-refractivity contribution is 5.90. The molecule has 10 N–H and O–H groups in total. The average molecular weight is 713 g/mol. The fourth-order valence-corrected chi connectivity index (χ4v) is 5.44. The monoisotopic (exact) mass is 712 g/mol. The van der Waals surface area contributed by atoms with Crippen LogP contribution in [0.4, 0.5) is 0 Å². The van der Waals surface area contributed by atoms with Crippen LogP contribution in [-0.4, -0.2) is 145 Å². The molecule has 50 heavy (non-hydrogen) atoms. The summed E-state index contributed by atoms with van der Waals surface area (Å²) in [5.74, 6) is -3.68. The Bertz CT molecular complexity index is 1580.